The van der Waals surface area contributed by atoms with Gasteiger partial charge in [-0.1, -0.05) is 23.7 Å². The summed E-state index contributed by atoms with van der Waals surface area (Å²) in [4.78, 5) is 25.4. The molecule has 3 rings (SSSR count). The maximum absolute atomic E-state index is 12.6. The maximum Gasteiger partial charge on any atom is 0.284 e. The summed E-state index contributed by atoms with van der Waals surface area (Å²) in [5.41, 5.74) is 1.13. The SMILES string of the molecule is O=C(NCC(c1ccc(Cl)cc1)N1CCOCC1)c1ccc(Br)c([N+](=O)[O-])c1. The molecule has 9 heteroatoms. The highest BCUT2D eigenvalue weighted by Gasteiger charge is 2.24. The molecular weight excluding hydrogens is 450 g/mol. The highest BCUT2D eigenvalue weighted by Crippen LogP contribution is 2.26. The predicted molar refractivity (Wildman–Crippen MR) is 110 cm³/mol. The second kappa shape index (κ2) is 9.47. The fourth-order valence-electron chi connectivity index (χ4n) is 3.12. The van der Waals surface area contributed by atoms with Crippen molar-refractivity contribution >= 4 is 39.1 Å². The maximum atomic E-state index is 12.6. The van der Waals surface area contributed by atoms with Crippen LogP contribution in [0.15, 0.2) is 46.9 Å². The molecule has 1 amide bonds. The number of nitrogens with one attached hydrogen (secondary N) is 1. The number of carbonyl (C=O) groups excluding carboxylic acids is 1. The number of ether oxygens (including phenoxy) is 1. The quantitative estimate of drug-likeness (QED) is 0.515. The average molecular weight is 469 g/mol. The van der Waals surface area contributed by atoms with E-state index in [4.69, 9.17) is 16.3 Å². The molecule has 2 aromatic rings. The van der Waals surface area contributed by atoms with Gasteiger partial charge in [-0.3, -0.25) is 19.8 Å². The van der Waals surface area contributed by atoms with E-state index in [-0.39, 0.29) is 23.2 Å². The normalized spacial score (nSPS) is 15.8. The minimum absolute atomic E-state index is 0.0458. The number of nitrogens with zero attached hydrogens (tertiary/aromatic N) is 2. The monoisotopic (exact) mass is 467 g/mol. The van der Waals surface area contributed by atoms with E-state index in [1.807, 2.05) is 24.3 Å². The van der Waals surface area contributed by atoms with Gasteiger partial charge in [-0.05, 0) is 45.8 Å². The van der Waals surface area contributed by atoms with Crippen LogP contribution in [0.5, 0.6) is 0 Å². The zero-order valence-electron chi connectivity index (χ0n) is 14.9. The van der Waals surface area contributed by atoms with Crippen LogP contribution < -0.4 is 5.32 Å². The van der Waals surface area contributed by atoms with Crippen molar-refractivity contribution in [1.82, 2.24) is 10.2 Å². The number of nitro benzene ring substituents is 1. The van der Waals surface area contributed by atoms with Gasteiger partial charge in [-0.2, -0.15) is 0 Å². The second-order valence-corrected chi connectivity index (χ2v) is 7.64. The van der Waals surface area contributed by atoms with Crippen LogP contribution in [0.25, 0.3) is 0 Å². The minimum Gasteiger partial charge on any atom is -0.379 e. The number of amides is 1. The Kier molecular flexibility index (Phi) is 7.01. The van der Waals surface area contributed by atoms with Crippen LogP contribution in [0, 0.1) is 10.1 Å². The van der Waals surface area contributed by atoms with E-state index in [0.29, 0.717) is 29.3 Å². The first-order valence-corrected chi connectivity index (χ1v) is 9.92. The Labute approximate surface area is 175 Å². The second-order valence-electron chi connectivity index (χ2n) is 6.35. The number of morpholine rings is 1. The summed E-state index contributed by atoms with van der Waals surface area (Å²) in [6.07, 6.45) is 0. The Morgan fingerprint density at radius 2 is 1.93 bits per heavy atom. The molecule has 0 radical (unpaired) electrons. The number of rotatable bonds is 6. The highest BCUT2D eigenvalue weighted by molar-refractivity contribution is 9.10. The van der Waals surface area contributed by atoms with Crippen LogP contribution in [0.2, 0.25) is 5.02 Å². The van der Waals surface area contributed by atoms with E-state index in [1.54, 1.807) is 6.07 Å². The minimum atomic E-state index is -0.523. The van der Waals surface area contributed by atoms with E-state index < -0.39 is 4.92 Å². The number of benzene rings is 2. The van der Waals surface area contributed by atoms with Crippen molar-refractivity contribution in [3.63, 3.8) is 0 Å². The fraction of sp³-hybridized carbons (Fsp3) is 0.316. The van der Waals surface area contributed by atoms with Crippen LogP contribution in [0.3, 0.4) is 0 Å². The molecule has 148 valence electrons. The van der Waals surface area contributed by atoms with Gasteiger partial charge in [0, 0.05) is 36.3 Å². The number of carbonyl (C=O) groups is 1. The molecule has 0 aliphatic carbocycles. The Morgan fingerprint density at radius 1 is 1.25 bits per heavy atom. The van der Waals surface area contributed by atoms with Crippen molar-refractivity contribution in [2.24, 2.45) is 0 Å². The van der Waals surface area contributed by atoms with Crippen LogP contribution in [-0.2, 0) is 4.74 Å². The molecule has 1 saturated heterocycles. The molecule has 1 unspecified atom stereocenters. The van der Waals surface area contributed by atoms with E-state index >= 15 is 0 Å². The van der Waals surface area contributed by atoms with Crippen molar-refractivity contribution in [2.75, 3.05) is 32.8 Å². The molecule has 0 aromatic heterocycles. The topological polar surface area (TPSA) is 84.7 Å². The van der Waals surface area contributed by atoms with Crippen molar-refractivity contribution in [3.05, 3.63) is 73.2 Å². The number of hydrogen-bond donors (Lipinski definition) is 1. The molecule has 0 spiro atoms. The van der Waals surface area contributed by atoms with E-state index in [1.165, 1.54) is 12.1 Å². The van der Waals surface area contributed by atoms with Gasteiger partial charge in [0.15, 0.2) is 0 Å². The zero-order chi connectivity index (χ0) is 20.1. The van der Waals surface area contributed by atoms with Crippen LogP contribution in [0.1, 0.15) is 22.0 Å². The van der Waals surface area contributed by atoms with Crippen molar-refractivity contribution in [3.8, 4) is 0 Å². The first-order chi connectivity index (χ1) is 13.5. The molecular formula is C19H19BrClN3O4. The van der Waals surface area contributed by atoms with E-state index in [0.717, 1.165) is 18.7 Å². The molecule has 28 heavy (non-hydrogen) atoms. The van der Waals surface area contributed by atoms with Gasteiger partial charge in [0.1, 0.15) is 0 Å². The van der Waals surface area contributed by atoms with Crippen molar-refractivity contribution in [2.45, 2.75) is 6.04 Å². The van der Waals surface area contributed by atoms with Gasteiger partial charge < -0.3 is 10.1 Å². The molecule has 2 aromatic carbocycles. The summed E-state index contributed by atoms with van der Waals surface area (Å²) in [5.74, 6) is -0.358. The molecule has 1 fully saturated rings. The van der Waals surface area contributed by atoms with Gasteiger partial charge >= 0.3 is 0 Å². The van der Waals surface area contributed by atoms with Gasteiger partial charge in [0.05, 0.1) is 28.7 Å². The Hall–Kier alpha value is -2.00. The summed E-state index contributed by atoms with van der Waals surface area (Å²) in [6.45, 7) is 3.15. The third-order valence-corrected chi connectivity index (χ3v) is 5.52. The highest BCUT2D eigenvalue weighted by atomic mass is 79.9. The Morgan fingerprint density at radius 3 is 2.57 bits per heavy atom. The zero-order valence-corrected chi connectivity index (χ0v) is 17.3. The lowest BCUT2D eigenvalue weighted by atomic mass is 10.0. The van der Waals surface area contributed by atoms with Gasteiger partial charge in [-0.25, -0.2) is 0 Å². The number of nitro groups is 1. The van der Waals surface area contributed by atoms with E-state index in [9.17, 15) is 14.9 Å². The van der Waals surface area contributed by atoms with Gasteiger partial charge in [0.2, 0.25) is 0 Å². The lowest BCUT2D eigenvalue weighted by molar-refractivity contribution is -0.385. The summed E-state index contributed by atoms with van der Waals surface area (Å²) in [5, 5.41) is 14.6. The van der Waals surface area contributed by atoms with Crippen LogP contribution in [0.4, 0.5) is 5.69 Å². The molecule has 1 N–H and O–H groups in total. The Balaban J connectivity index is 1.75. The average Bonchev–Trinajstić information content (AvgIpc) is 2.70. The third-order valence-electron chi connectivity index (χ3n) is 4.60. The number of hydrogen-bond acceptors (Lipinski definition) is 5. The molecule has 1 aliphatic heterocycles. The molecule has 1 atom stereocenters. The standard InChI is InChI=1S/C19H19BrClN3O4/c20-16-6-3-14(11-17(16)24(26)27)19(25)22-12-18(23-7-9-28-10-8-23)13-1-4-15(21)5-2-13/h1-6,11,18H,7-10,12H2,(H,22,25). The predicted octanol–water partition coefficient (Wildman–Crippen LogP) is 3.81. The van der Waals surface area contributed by atoms with Gasteiger partial charge in [-0.15, -0.1) is 0 Å². The first kappa shape index (κ1) is 20.7. The van der Waals surface area contributed by atoms with E-state index in [2.05, 4.69) is 26.1 Å². The smallest absolute Gasteiger partial charge is 0.284 e. The number of halogens is 2. The van der Waals surface area contributed by atoms with Crippen LogP contribution in [-0.4, -0.2) is 48.6 Å². The van der Waals surface area contributed by atoms with Crippen LogP contribution >= 0.6 is 27.5 Å². The first-order valence-electron chi connectivity index (χ1n) is 8.75. The summed E-state index contributed by atoms with van der Waals surface area (Å²) in [6, 6.07) is 11.8. The molecule has 7 nitrogen and oxygen atoms in total. The largest absolute Gasteiger partial charge is 0.379 e. The van der Waals surface area contributed by atoms with Crippen molar-refractivity contribution in [1.29, 1.82) is 0 Å². The van der Waals surface area contributed by atoms with Gasteiger partial charge in [0.25, 0.3) is 11.6 Å². The summed E-state index contributed by atoms with van der Waals surface area (Å²) in [7, 11) is 0. The van der Waals surface area contributed by atoms with Crippen molar-refractivity contribution < 1.29 is 14.5 Å². The fourth-order valence-corrected chi connectivity index (χ4v) is 3.63. The Bertz CT molecular complexity index is 857. The summed E-state index contributed by atoms with van der Waals surface area (Å²) < 4.78 is 5.76. The lowest BCUT2D eigenvalue weighted by Gasteiger charge is -2.35. The molecule has 1 heterocycles. The third kappa shape index (κ3) is 5.08. The summed E-state index contributed by atoms with van der Waals surface area (Å²) >= 11 is 9.13. The molecule has 1 aliphatic rings. The lowest BCUT2D eigenvalue weighted by Crippen LogP contribution is -2.43. The molecule has 0 bridgehead atoms. The molecule has 0 saturated carbocycles.